The number of hydrogen-bond donors (Lipinski definition) is 1. The van der Waals surface area contributed by atoms with Gasteiger partial charge in [-0.15, -0.1) is 11.3 Å². The van der Waals surface area contributed by atoms with Crippen molar-refractivity contribution in [3.05, 3.63) is 92.1 Å². The van der Waals surface area contributed by atoms with Gasteiger partial charge in [0.15, 0.2) is 0 Å². The molecular weight excluding hydrogens is 428 g/mol. The topological polar surface area (TPSA) is 59.8 Å². The lowest BCUT2D eigenvalue weighted by Crippen LogP contribution is -2.35. The molecule has 1 aliphatic rings. The van der Waals surface area contributed by atoms with E-state index in [1.54, 1.807) is 28.4 Å². The minimum Gasteiger partial charge on any atom is -0.313 e. The van der Waals surface area contributed by atoms with E-state index in [-0.39, 0.29) is 5.56 Å². The molecule has 0 bridgehead atoms. The first kappa shape index (κ1) is 20.4. The molecule has 0 unspecified atom stereocenters. The molecule has 0 saturated heterocycles. The summed E-state index contributed by atoms with van der Waals surface area (Å²) in [6, 6.07) is 14.2. The summed E-state index contributed by atoms with van der Waals surface area (Å²) in [5, 5.41) is 5.27. The number of pyridine rings is 1. The van der Waals surface area contributed by atoms with Gasteiger partial charge in [-0.2, -0.15) is 0 Å². The first-order valence-electron chi connectivity index (χ1n) is 10.5. The van der Waals surface area contributed by atoms with Crippen molar-refractivity contribution in [3.63, 3.8) is 0 Å². The van der Waals surface area contributed by atoms with Crippen LogP contribution in [0.25, 0.3) is 10.2 Å². The van der Waals surface area contributed by atoms with E-state index in [4.69, 9.17) is 11.6 Å². The number of rotatable bonds is 6. The zero-order valence-electron chi connectivity index (χ0n) is 17.1. The van der Waals surface area contributed by atoms with Crippen molar-refractivity contribution in [2.45, 2.75) is 38.3 Å². The van der Waals surface area contributed by atoms with Gasteiger partial charge in [0, 0.05) is 22.1 Å². The average Bonchev–Trinajstić information content (AvgIpc) is 3.16. The van der Waals surface area contributed by atoms with E-state index in [0.717, 1.165) is 53.2 Å². The number of benzene rings is 1. The zero-order valence-corrected chi connectivity index (χ0v) is 18.6. The Kier molecular flexibility index (Phi) is 5.85. The summed E-state index contributed by atoms with van der Waals surface area (Å²) >= 11 is 7.63. The number of fused-ring (bicyclic) bond motifs is 3. The van der Waals surface area contributed by atoms with Crippen molar-refractivity contribution in [1.29, 1.82) is 0 Å². The lowest BCUT2D eigenvalue weighted by atomic mass is 9.93. The lowest BCUT2D eigenvalue weighted by molar-refractivity contribution is 0.466. The quantitative estimate of drug-likeness (QED) is 0.477. The van der Waals surface area contributed by atoms with Gasteiger partial charge in [0.25, 0.3) is 5.56 Å². The number of nitrogens with one attached hydrogen (secondary N) is 1. The fourth-order valence-electron chi connectivity index (χ4n) is 4.23. The first-order chi connectivity index (χ1) is 15.2. The second-order valence-electron chi connectivity index (χ2n) is 7.95. The summed E-state index contributed by atoms with van der Waals surface area (Å²) in [5.41, 5.74) is 3.39. The van der Waals surface area contributed by atoms with Gasteiger partial charge in [-0.1, -0.05) is 29.8 Å². The molecule has 0 aliphatic heterocycles. The van der Waals surface area contributed by atoms with Gasteiger partial charge >= 0.3 is 0 Å². The van der Waals surface area contributed by atoms with Crippen LogP contribution in [-0.4, -0.2) is 27.1 Å². The second-order valence-corrected chi connectivity index (χ2v) is 9.47. The van der Waals surface area contributed by atoms with Crippen LogP contribution in [0.2, 0.25) is 5.02 Å². The summed E-state index contributed by atoms with van der Waals surface area (Å²) in [4.78, 5) is 24.3. The Labute approximate surface area is 189 Å². The summed E-state index contributed by atoms with van der Waals surface area (Å²) in [6.45, 7) is 1.38. The molecule has 3 aromatic heterocycles. The number of halogens is 1. The first-order valence-corrected chi connectivity index (χ1v) is 11.7. The van der Waals surface area contributed by atoms with Crippen LogP contribution < -0.4 is 10.9 Å². The van der Waals surface area contributed by atoms with Crippen molar-refractivity contribution in [3.8, 4) is 0 Å². The number of aromatic nitrogens is 3. The molecule has 1 atom stereocenters. The maximum Gasteiger partial charge on any atom is 0.262 e. The molecule has 1 N–H and O–H groups in total. The second kappa shape index (κ2) is 8.91. The Hall–Kier alpha value is -2.54. The fraction of sp³-hybridized carbons (Fsp3) is 0.292. The highest BCUT2D eigenvalue weighted by Gasteiger charge is 2.25. The SMILES string of the molecule is O=c1c2c3c(sc2ncn1Cc1ccccn1)C[C@@H](NCCc1ccc(Cl)cc1)CC3. The maximum atomic E-state index is 13.2. The molecule has 0 fully saturated rings. The normalized spacial score (nSPS) is 15.8. The van der Waals surface area contributed by atoms with Crippen LogP contribution in [0.4, 0.5) is 0 Å². The van der Waals surface area contributed by atoms with Crippen LogP contribution in [0, 0.1) is 0 Å². The summed E-state index contributed by atoms with van der Waals surface area (Å²) in [7, 11) is 0. The molecule has 5 nitrogen and oxygen atoms in total. The molecule has 0 radical (unpaired) electrons. The molecule has 3 heterocycles. The van der Waals surface area contributed by atoms with E-state index in [1.165, 1.54) is 16.0 Å². The smallest absolute Gasteiger partial charge is 0.262 e. The Balaban J connectivity index is 1.29. The average molecular weight is 451 g/mol. The van der Waals surface area contributed by atoms with Gasteiger partial charge in [0.1, 0.15) is 4.83 Å². The van der Waals surface area contributed by atoms with Gasteiger partial charge in [-0.3, -0.25) is 14.3 Å². The van der Waals surface area contributed by atoms with Crippen molar-refractivity contribution in [1.82, 2.24) is 19.9 Å². The van der Waals surface area contributed by atoms with Gasteiger partial charge in [-0.25, -0.2) is 4.98 Å². The summed E-state index contributed by atoms with van der Waals surface area (Å²) in [5.74, 6) is 0. The van der Waals surface area contributed by atoms with E-state index in [1.807, 2.05) is 30.3 Å². The van der Waals surface area contributed by atoms with Crippen molar-refractivity contribution in [2.75, 3.05) is 6.54 Å². The molecule has 158 valence electrons. The number of thiophene rings is 1. The van der Waals surface area contributed by atoms with Crippen molar-refractivity contribution < 1.29 is 0 Å². The molecule has 4 aromatic rings. The molecule has 0 saturated carbocycles. The summed E-state index contributed by atoms with van der Waals surface area (Å²) in [6.07, 6.45) is 7.29. The third-order valence-electron chi connectivity index (χ3n) is 5.85. The Morgan fingerprint density at radius 1 is 1.16 bits per heavy atom. The highest BCUT2D eigenvalue weighted by molar-refractivity contribution is 7.18. The van der Waals surface area contributed by atoms with Crippen LogP contribution in [0.1, 0.15) is 28.1 Å². The Morgan fingerprint density at radius 2 is 2.03 bits per heavy atom. The van der Waals surface area contributed by atoms with E-state index in [2.05, 4.69) is 27.4 Å². The predicted octanol–water partition coefficient (Wildman–Crippen LogP) is 4.24. The molecule has 1 aliphatic carbocycles. The molecule has 5 rings (SSSR count). The van der Waals surface area contributed by atoms with Crippen LogP contribution in [0.15, 0.2) is 59.8 Å². The number of aryl methyl sites for hydroxylation is 1. The van der Waals surface area contributed by atoms with Crippen molar-refractivity contribution >= 4 is 33.2 Å². The number of hydrogen-bond acceptors (Lipinski definition) is 5. The van der Waals surface area contributed by atoms with Crippen LogP contribution in [0.3, 0.4) is 0 Å². The molecule has 0 spiro atoms. The van der Waals surface area contributed by atoms with Gasteiger partial charge < -0.3 is 5.32 Å². The van der Waals surface area contributed by atoms with Gasteiger partial charge in [0.2, 0.25) is 0 Å². The maximum absolute atomic E-state index is 13.2. The van der Waals surface area contributed by atoms with Gasteiger partial charge in [0.05, 0.1) is 24.0 Å². The monoisotopic (exact) mass is 450 g/mol. The summed E-state index contributed by atoms with van der Waals surface area (Å²) < 4.78 is 1.67. The minimum atomic E-state index is 0.0438. The highest BCUT2D eigenvalue weighted by Crippen LogP contribution is 2.33. The minimum absolute atomic E-state index is 0.0438. The van der Waals surface area contributed by atoms with Gasteiger partial charge in [-0.05, 0) is 67.6 Å². The number of nitrogens with zero attached hydrogens (tertiary/aromatic N) is 3. The Bertz CT molecular complexity index is 1250. The third-order valence-corrected chi connectivity index (χ3v) is 7.27. The highest BCUT2D eigenvalue weighted by atomic mass is 35.5. The van der Waals surface area contributed by atoms with Crippen LogP contribution in [-0.2, 0) is 25.8 Å². The largest absolute Gasteiger partial charge is 0.313 e. The van der Waals surface area contributed by atoms with Crippen LogP contribution >= 0.6 is 22.9 Å². The molecule has 1 aromatic carbocycles. The lowest BCUT2D eigenvalue weighted by Gasteiger charge is -2.23. The van der Waals surface area contributed by atoms with E-state index >= 15 is 0 Å². The van der Waals surface area contributed by atoms with Crippen LogP contribution in [0.5, 0.6) is 0 Å². The molecule has 31 heavy (non-hydrogen) atoms. The van der Waals surface area contributed by atoms with E-state index in [0.29, 0.717) is 12.6 Å². The molecule has 7 heteroatoms. The standard InChI is InChI=1S/C24H23ClN4OS/c25-17-6-4-16(5-7-17)10-12-27-18-8-9-20-21(13-18)31-23-22(20)24(30)29(15-28-23)14-19-3-1-2-11-26-19/h1-7,11,15,18,27H,8-10,12-14H2/t18-/m0/s1. The Morgan fingerprint density at radius 3 is 2.84 bits per heavy atom. The van der Waals surface area contributed by atoms with E-state index in [9.17, 15) is 4.79 Å². The molecular formula is C24H23ClN4OS. The zero-order chi connectivity index (χ0) is 21.2. The fourth-order valence-corrected chi connectivity index (χ4v) is 5.61. The van der Waals surface area contributed by atoms with E-state index < -0.39 is 0 Å². The molecule has 0 amide bonds. The predicted molar refractivity (Wildman–Crippen MR) is 126 cm³/mol. The third kappa shape index (κ3) is 4.42. The van der Waals surface area contributed by atoms with Crippen molar-refractivity contribution in [2.24, 2.45) is 0 Å².